The molecule has 1 aromatic carbocycles. The molecule has 0 radical (unpaired) electrons. The van der Waals surface area contributed by atoms with E-state index in [1.165, 1.54) is 0 Å². The Morgan fingerprint density at radius 2 is 1.90 bits per heavy atom. The van der Waals surface area contributed by atoms with Crippen molar-refractivity contribution in [2.45, 2.75) is 0 Å². The van der Waals surface area contributed by atoms with Gasteiger partial charge in [0, 0.05) is 15.9 Å². The first-order valence-electron chi connectivity index (χ1n) is 3.36. The molecule has 0 bridgehead atoms. The first-order chi connectivity index (χ1) is 4.93. The zero-order valence-corrected chi connectivity index (χ0v) is 8.04. The fraction of sp³-hybridized carbons (Fsp3) is 0. The lowest BCUT2D eigenvalue weighted by molar-refractivity contribution is 1.59. The van der Waals surface area contributed by atoms with E-state index in [1.807, 2.05) is 36.5 Å². The molecule has 0 heterocycles. The Hall–Kier alpha value is -1.02. The summed E-state index contributed by atoms with van der Waals surface area (Å²) in [4.78, 5) is 0. The minimum Gasteiger partial charge on any atom is -0.362 e. The first-order valence-corrected chi connectivity index (χ1v) is 4.51. The van der Waals surface area contributed by atoms with Crippen LogP contribution in [0, 0.1) is 0 Å². The Kier molecular flexibility index (Phi) is 2.77. The maximum Gasteiger partial charge on any atom is 0.0379 e. The fourth-order valence-corrected chi connectivity index (χ4v) is 0.881. The minimum absolute atomic E-state index is 1.11. The van der Waals surface area contributed by atoms with Crippen molar-refractivity contribution in [1.29, 1.82) is 0 Å². The smallest absolute Gasteiger partial charge is 0.0379 e. The van der Waals surface area contributed by atoms with E-state index in [4.69, 9.17) is 0 Å². The normalized spacial score (nSPS) is 10.4. The third kappa shape index (κ3) is 2.07. The van der Waals surface area contributed by atoms with Crippen LogP contribution in [-0.4, -0.2) is 10.2 Å². The average molecular weight is 149 g/mol. The molecule has 2 heteroatoms. The van der Waals surface area contributed by atoms with Crippen LogP contribution >= 0.6 is 0 Å². The van der Waals surface area contributed by atoms with Gasteiger partial charge in [-0.2, -0.15) is 0 Å². The van der Waals surface area contributed by atoms with Crippen LogP contribution in [0.25, 0.3) is 0 Å². The zero-order chi connectivity index (χ0) is 7.23. The van der Waals surface area contributed by atoms with Gasteiger partial charge in [0.25, 0.3) is 0 Å². The Labute approximate surface area is 64.2 Å². The van der Waals surface area contributed by atoms with Crippen LogP contribution in [0.3, 0.4) is 0 Å². The second kappa shape index (κ2) is 3.90. The summed E-state index contributed by atoms with van der Waals surface area (Å²) in [7, 11) is 1.11. The second-order valence-electron chi connectivity index (χ2n) is 2.01. The molecule has 10 heavy (non-hydrogen) atoms. The lowest BCUT2D eigenvalue weighted by Gasteiger charge is -1.96. The molecule has 0 aliphatic carbocycles. The molecule has 0 unspecified atom stereocenters. The van der Waals surface area contributed by atoms with E-state index in [0.29, 0.717) is 0 Å². The molecule has 0 saturated heterocycles. The van der Waals surface area contributed by atoms with Crippen LogP contribution < -0.4 is 5.32 Å². The molecular weight excluding hydrogens is 138 g/mol. The van der Waals surface area contributed by atoms with Crippen LogP contribution in [0.2, 0.25) is 0 Å². The molecular formula is C8H11NSi. The van der Waals surface area contributed by atoms with Crippen molar-refractivity contribution < 1.29 is 0 Å². The van der Waals surface area contributed by atoms with Crippen molar-refractivity contribution in [2.24, 2.45) is 0 Å². The Morgan fingerprint density at radius 1 is 1.20 bits per heavy atom. The summed E-state index contributed by atoms with van der Waals surface area (Å²) in [5, 5.41) is 3.15. The van der Waals surface area contributed by atoms with Gasteiger partial charge in [-0.15, -0.1) is 0 Å². The van der Waals surface area contributed by atoms with Gasteiger partial charge in [-0.05, 0) is 18.3 Å². The van der Waals surface area contributed by atoms with Crippen LogP contribution in [0.1, 0.15) is 0 Å². The van der Waals surface area contributed by atoms with Crippen molar-refractivity contribution >= 4 is 15.9 Å². The highest BCUT2D eigenvalue weighted by molar-refractivity contribution is 6.17. The van der Waals surface area contributed by atoms with Crippen molar-refractivity contribution in [3.05, 3.63) is 42.2 Å². The van der Waals surface area contributed by atoms with Gasteiger partial charge in [0.2, 0.25) is 0 Å². The predicted molar refractivity (Wildman–Crippen MR) is 49.1 cm³/mol. The number of rotatable bonds is 2. The molecule has 1 rings (SSSR count). The molecule has 0 amide bonds. The molecule has 1 nitrogen and oxygen atoms in total. The SMILES string of the molecule is [SiH3]C=CNc1ccccc1. The van der Waals surface area contributed by atoms with Crippen LogP contribution in [0.15, 0.2) is 42.2 Å². The summed E-state index contributed by atoms with van der Waals surface area (Å²) in [6.07, 6.45) is 1.97. The van der Waals surface area contributed by atoms with E-state index in [-0.39, 0.29) is 0 Å². The molecule has 0 saturated carbocycles. The predicted octanol–water partition coefficient (Wildman–Crippen LogP) is 0.935. The highest BCUT2D eigenvalue weighted by atomic mass is 28.1. The molecule has 1 N–H and O–H groups in total. The summed E-state index contributed by atoms with van der Waals surface area (Å²) in [6, 6.07) is 10.1. The monoisotopic (exact) mass is 149 g/mol. The van der Waals surface area contributed by atoms with Crippen LogP contribution in [0.4, 0.5) is 5.69 Å². The number of nitrogens with one attached hydrogen (secondary N) is 1. The standard InChI is InChI=1S/C8H11NSi/c10-7-6-9-8-4-2-1-3-5-8/h1-7,9H,10H3. The quantitative estimate of drug-likeness (QED) is 0.617. The maximum absolute atomic E-state index is 3.15. The van der Waals surface area contributed by atoms with Gasteiger partial charge in [-0.25, -0.2) is 0 Å². The molecule has 52 valence electrons. The van der Waals surface area contributed by atoms with Crippen molar-refractivity contribution in [1.82, 2.24) is 0 Å². The van der Waals surface area contributed by atoms with Crippen molar-refractivity contribution in [3.8, 4) is 0 Å². The largest absolute Gasteiger partial charge is 0.362 e. The second-order valence-corrected chi connectivity index (χ2v) is 2.68. The molecule has 1 aromatic rings. The number of benzene rings is 1. The number of hydrogen-bond acceptors (Lipinski definition) is 1. The summed E-state index contributed by atoms with van der Waals surface area (Å²) in [5.41, 5.74) is 3.25. The Morgan fingerprint density at radius 3 is 2.50 bits per heavy atom. The van der Waals surface area contributed by atoms with Crippen molar-refractivity contribution in [3.63, 3.8) is 0 Å². The highest BCUT2D eigenvalue weighted by Crippen LogP contribution is 2.03. The van der Waals surface area contributed by atoms with Gasteiger partial charge in [0.1, 0.15) is 0 Å². The third-order valence-corrected chi connectivity index (χ3v) is 1.52. The summed E-state index contributed by atoms with van der Waals surface area (Å²) in [6.45, 7) is 0. The van der Waals surface area contributed by atoms with E-state index in [9.17, 15) is 0 Å². The Balaban J connectivity index is 2.59. The number of hydrogen-bond donors (Lipinski definition) is 1. The van der Waals surface area contributed by atoms with Crippen LogP contribution in [0.5, 0.6) is 0 Å². The lowest BCUT2D eigenvalue weighted by Crippen LogP contribution is -1.84. The fourth-order valence-electron chi connectivity index (χ4n) is 0.714. The van der Waals surface area contributed by atoms with Gasteiger partial charge in [-0.1, -0.05) is 23.9 Å². The Bertz CT molecular complexity index is 206. The third-order valence-electron chi connectivity index (χ3n) is 1.19. The lowest BCUT2D eigenvalue weighted by atomic mass is 10.3. The van der Waals surface area contributed by atoms with Gasteiger partial charge in [-0.3, -0.25) is 0 Å². The maximum atomic E-state index is 3.15. The van der Waals surface area contributed by atoms with Crippen molar-refractivity contribution in [2.75, 3.05) is 5.32 Å². The van der Waals surface area contributed by atoms with Gasteiger partial charge >= 0.3 is 0 Å². The van der Waals surface area contributed by atoms with E-state index in [1.54, 1.807) is 0 Å². The number of para-hydroxylation sites is 1. The van der Waals surface area contributed by atoms with E-state index in [0.717, 1.165) is 15.9 Å². The van der Waals surface area contributed by atoms with Crippen LogP contribution in [-0.2, 0) is 0 Å². The van der Waals surface area contributed by atoms with E-state index >= 15 is 0 Å². The van der Waals surface area contributed by atoms with Gasteiger partial charge < -0.3 is 5.32 Å². The highest BCUT2D eigenvalue weighted by Gasteiger charge is 1.80. The molecule has 0 atom stereocenters. The molecule has 0 aliphatic heterocycles. The average Bonchev–Trinajstić information content (AvgIpc) is 2.03. The first kappa shape index (κ1) is 7.09. The van der Waals surface area contributed by atoms with E-state index in [2.05, 4.69) is 11.0 Å². The minimum atomic E-state index is 1.11. The molecule has 0 spiro atoms. The zero-order valence-electron chi connectivity index (χ0n) is 6.04. The summed E-state index contributed by atoms with van der Waals surface area (Å²) in [5.74, 6) is 0. The molecule has 0 aliphatic rings. The number of anilines is 1. The molecule has 0 aromatic heterocycles. The molecule has 0 fully saturated rings. The van der Waals surface area contributed by atoms with Gasteiger partial charge in [0.05, 0.1) is 0 Å². The topological polar surface area (TPSA) is 12.0 Å². The summed E-state index contributed by atoms with van der Waals surface area (Å²) < 4.78 is 0. The van der Waals surface area contributed by atoms with Gasteiger partial charge in [0.15, 0.2) is 0 Å². The summed E-state index contributed by atoms with van der Waals surface area (Å²) >= 11 is 0. The van der Waals surface area contributed by atoms with E-state index < -0.39 is 0 Å².